The van der Waals surface area contributed by atoms with Gasteiger partial charge in [-0.3, -0.25) is 0 Å². The zero-order valence-electron chi connectivity index (χ0n) is 9.70. The predicted octanol–water partition coefficient (Wildman–Crippen LogP) is 1.07. The van der Waals surface area contributed by atoms with E-state index < -0.39 is 11.5 Å². The molecule has 18 heavy (non-hydrogen) atoms. The molecule has 2 heterocycles. The molecule has 1 N–H and O–H groups in total. The molecule has 8 heteroatoms. The minimum Gasteiger partial charge on any atom is -0.479 e. The SMILES string of the molecule is Cc1ncc(-c2nnnn2C2(C(=O)O)CCC2)s1. The first-order chi connectivity index (χ1) is 8.63. The molecular weight excluding hydrogens is 254 g/mol. The summed E-state index contributed by atoms with van der Waals surface area (Å²) >= 11 is 1.45. The Bertz CT molecular complexity index is 601. The van der Waals surface area contributed by atoms with Crippen LogP contribution in [0.15, 0.2) is 6.20 Å². The molecule has 0 amide bonds. The normalized spacial score (nSPS) is 17.4. The largest absolute Gasteiger partial charge is 0.479 e. The molecule has 0 bridgehead atoms. The smallest absolute Gasteiger partial charge is 0.331 e. The fraction of sp³-hybridized carbons (Fsp3) is 0.500. The van der Waals surface area contributed by atoms with Crippen LogP contribution in [0.25, 0.3) is 10.7 Å². The van der Waals surface area contributed by atoms with E-state index in [1.54, 1.807) is 6.20 Å². The molecule has 0 unspecified atom stereocenters. The lowest BCUT2D eigenvalue weighted by Crippen LogP contribution is -2.48. The molecule has 0 spiro atoms. The summed E-state index contributed by atoms with van der Waals surface area (Å²) in [7, 11) is 0. The van der Waals surface area contributed by atoms with E-state index in [1.807, 2.05) is 6.92 Å². The summed E-state index contributed by atoms with van der Waals surface area (Å²) in [4.78, 5) is 16.4. The molecule has 0 atom stereocenters. The Kier molecular flexibility index (Phi) is 2.40. The molecule has 1 fully saturated rings. The fourth-order valence-electron chi connectivity index (χ4n) is 2.12. The molecule has 2 aromatic heterocycles. The Morgan fingerprint density at radius 2 is 2.33 bits per heavy atom. The summed E-state index contributed by atoms with van der Waals surface area (Å²) < 4.78 is 1.44. The van der Waals surface area contributed by atoms with E-state index in [0.29, 0.717) is 18.7 Å². The van der Waals surface area contributed by atoms with E-state index in [2.05, 4.69) is 20.5 Å². The van der Waals surface area contributed by atoms with Crippen molar-refractivity contribution in [2.45, 2.75) is 31.7 Å². The number of hydrogen-bond acceptors (Lipinski definition) is 6. The van der Waals surface area contributed by atoms with Crippen molar-refractivity contribution in [3.05, 3.63) is 11.2 Å². The third-order valence-electron chi connectivity index (χ3n) is 3.30. The topological polar surface area (TPSA) is 93.8 Å². The highest BCUT2D eigenvalue weighted by Gasteiger charge is 2.49. The van der Waals surface area contributed by atoms with Gasteiger partial charge in [0.05, 0.1) is 9.88 Å². The van der Waals surface area contributed by atoms with Crippen LogP contribution in [0.3, 0.4) is 0 Å². The molecule has 0 saturated heterocycles. The summed E-state index contributed by atoms with van der Waals surface area (Å²) in [6.07, 6.45) is 3.69. The lowest BCUT2D eigenvalue weighted by atomic mass is 9.77. The first-order valence-electron chi connectivity index (χ1n) is 5.58. The van der Waals surface area contributed by atoms with Gasteiger partial charge in [0.1, 0.15) is 0 Å². The number of rotatable bonds is 3. The summed E-state index contributed by atoms with van der Waals surface area (Å²) in [5, 5.41) is 21.7. The van der Waals surface area contributed by atoms with Crippen LogP contribution >= 0.6 is 11.3 Å². The first-order valence-corrected chi connectivity index (χ1v) is 6.40. The third-order valence-corrected chi connectivity index (χ3v) is 4.20. The standard InChI is InChI=1S/C10H11N5O2S/c1-6-11-5-7(18-6)8-12-13-14-15(8)10(9(16)17)3-2-4-10/h5H,2-4H2,1H3,(H,16,17). The first kappa shape index (κ1) is 11.3. The Morgan fingerprint density at radius 3 is 2.83 bits per heavy atom. The second-order valence-electron chi connectivity index (χ2n) is 4.35. The number of carboxylic acids is 1. The van der Waals surface area contributed by atoms with Crippen LogP contribution < -0.4 is 0 Å². The van der Waals surface area contributed by atoms with Crippen LogP contribution in [0.1, 0.15) is 24.3 Å². The van der Waals surface area contributed by atoms with Gasteiger partial charge in [0, 0.05) is 6.20 Å². The lowest BCUT2D eigenvalue weighted by molar-refractivity contribution is -0.153. The average Bonchev–Trinajstić information content (AvgIpc) is 2.84. The van der Waals surface area contributed by atoms with E-state index in [4.69, 9.17) is 0 Å². The van der Waals surface area contributed by atoms with Gasteiger partial charge in [-0.25, -0.2) is 14.5 Å². The van der Waals surface area contributed by atoms with E-state index in [1.165, 1.54) is 16.0 Å². The molecular formula is C10H11N5O2S. The number of aryl methyl sites for hydroxylation is 1. The van der Waals surface area contributed by atoms with E-state index in [9.17, 15) is 9.90 Å². The van der Waals surface area contributed by atoms with Gasteiger partial charge in [0.15, 0.2) is 11.4 Å². The summed E-state index contributed by atoms with van der Waals surface area (Å²) in [5.41, 5.74) is -0.975. The van der Waals surface area contributed by atoms with Crippen LogP contribution in [0.4, 0.5) is 0 Å². The molecule has 0 aromatic carbocycles. The zero-order chi connectivity index (χ0) is 12.8. The van der Waals surface area contributed by atoms with Crippen molar-refractivity contribution in [1.29, 1.82) is 0 Å². The molecule has 7 nitrogen and oxygen atoms in total. The van der Waals surface area contributed by atoms with Crippen LogP contribution in [-0.2, 0) is 10.3 Å². The number of carboxylic acid groups (broad SMARTS) is 1. The minimum atomic E-state index is -0.975. The number of aliphatic carboxylic acids is 1. The van der Waals surface area contributed by atoms with Gasteiger partial charge < -0.3 is 5.11 Å². The van der Waals surface area contributed by atoms with Crippen molar-refractivity contribution in [2.24, 2.45) is 0 Å². The number of aromatic nitrogens is 5. The quantitative estimate of drug-likeness (QED) is 0.892. The molecule has 0 aliphatic heterocycles. The van der Waals surface area contributed by atoms with Gasteiger partial charge in [-0.2, -0.15) is 0 Å². The summed E-state index contributed by atoms with van der Waals surface area (Å²) in [5.74, 6) is -0.383. The molecule has 1 aliphatic carbocycles. The molecule has 1 saturated carbocycles. The van der Waals surface area contributed by atoms with Crippen LogP contribution in [-0.4, -0.2) is 36.3 Å². The maximum Gasteiger partial charge on any atom is 0.331 e. The van der Waals surface area contributed by atoms with Crippen molar-refractivity contribution in [2.75, 3.05) is 0 Å². The Morgan fingerprint density at radius 1 is 1.56 bits per heavy atom. The summed E-state index contributed by atoms with van der Waals surface area (Å²) in [6, 6.07) is 0. The monoisotopic (exact) mass is 265 g/mol. The van der Waals surface area contributed by atoms with Crippen molar-refractivity contribution >= 4 is 17.3 Å². The maximum absolute atomic E-state index is 11.5. The van der Waals surface area contributed by atoms with Gasteiger partial charge in [-0.05, 0) is 36.6 Å². The van der Waals surface area contributed by atoms with Gasteiger partial charge in [-0.15, -0.1) is 16.4 Å². The minimum absolute atomic E-state index is 0.489. The van der Waals surface area contributed by atoms with E-state index in [-0.39, 0.29) is 0 Å². The van der Waals surface area contributed by atoms with Gasteiger partial charge in [0.2, 0.25) is 0 Å². The second-order valence-corrected chi connectivity index (χ2v) is 5.58. The van der Waals surface area contributed by atoms with Gasteiger partial charge in [0.25, 0.3) is 0 Å². The van der Waals surface area contributed by atoms with Gasteiger partial charge >= 0.3 is 5.97 Å². The third kappa shape index (κ3) is 1.45. The highest BCUT2D eigenvalue weighted by molar-refractivity contribution is 7.14. The van der Waals surface area contributed by atoms with E-state index in [0.717, 1.165) is 16.3 Å². The summed E-state index contributed by atoms with van der Waals surface area (Å²) in [6.45, 7) is 1.89. The van der Waals surface area contributed by atoms with E-state index >= 15 is 0 Å². The number of tetrazole rings is 1. The van der Waals surface area contributed by atoms with Crippen molar-refractivity contribution < 1.29 is 9.90 Å². The Hall–Kier alpha value is -1.83. The lowest BCUT2D eigenvalue weighted by Gasteiger charge is -2.37. The zero-order valence-corrected chi connectivity index (χ0v) is 10.5. The Balaban J connectivity index is 2.09. The predicted molar refractivity (Wildman–Crippen MR) is 63.1 cm³/mol. The molecule has 3 rings (SSSR count). The van der Waals surface area contributed by atoms with Crippen molar-refractivity contribution in [3.63, 3.8) is 0 Å². The second kappa shape index (κ2) is 3.84. The average molecular weight is 265 g/mol. The molecule has 2 aromatic rings. The molecule has 94 valence electrons. The highest BCUT2D eigenvalue weighted by Crippen LogP contribution is 2.41. The number of carbonyl (C=O) groups is 1. The number of nitrogens with zero attached hydrogens (tertiary/aromatic N) is 5. The van der Waals surface area contributed by atoms with Gasteiger partial charge in [-0.1, -0.05) is 0 Å². The van der Waals surface area contributed by atoms with Crippen molar-refractivity contribution in [3.8, 4) is 10.7 Å². The van der Waals surface area contributed by atoms with Crippen LogP contribution in [0.2, 0.25) is 0 Å². The number of hydrogen-bond donors (Lipinski definition) is 1. The van der Waals surface area contributed by atoms with Crippen LogP contribution in [0, 0.1) is 6.92 Å². The number of thiazole rings is 1. The van der Waals surface area contributed by atoms with Crippen molar-refractivity contribution in [1.82, 2.24) is 25.2 Å². The maximum atomic E-state index is 11.5. The molecule has 0 radical (unpaired) electrons. The fourth-order valence-corrected chi connectivity index (χ4v) is 2.87. The van der Waals surface area contributed by atoms with Crippen LogP contribution in [0.5, 0.6) is 0 Å². The Labute approximate surface area is 106 Å². The highest BCUT2D eigenvalue weighted by atomic mass is 32.1. The molecule has 1 aliphatic rings.